The maximum atomic E-state index is 6.15. The van der Waals surface area contributed by atoms with Crippen molar-refractivity contribution in [3.63, 3.8) is 0 Å². The van der Waals surface area contributed by atoms with Crippen LogP contribution in [0.5, 0.6) is 5.75 Å². The monoisotopic (exact) mass is 268 g/mol. The normalized spacial score (nSPS) is 10.9. The summed E-state index contributed by atoms with van der Waals surface area (Å²) in [6.45, 7) is 11.5. The first-order chi connectivity index (χ1) is 9.49. The quantitative estimate of drug-likeness (QED) is 0.729. The largest absolute Gasteiger partial charge is 0.488 e. The van der Waals surface area contributed by atoms with E-state index in [9.17, 15) is 0 Å². The highest BCUT2D eigenvalue weighted by atomic mass is 16.5. The van der Waals surface area contributed by atoms with Crippen molar-refractivity contribution in [1.82, 2.24) is 0 Å². The van der Waals surface area contributed by atoms with Gasteiger partial charge >= 0.3 is 0 Å². The Morgan fingerprint density at radius 2 is 1.65 bits per heavy atom. The van der Waals surface area contributed by atoms with E-state index in [2.05, 4.69) is 71.0 Å². The van der Waals surface area contributed by atoms with Crippen LogP contribution in [-0.4, -0.2) is 0 Å². The van der Waals surface area contributed by atoms with Gasteiger partial charge in [-0.3, -0.25) is 0 Å². The van der Waals surface area contributed by atoms with Crippen molar-refractivity contribution in [2.24, 2.45) is 0 Å². The third-order valence-corrected chi connectivity index (χ3v) is 3.70. The number of benzene rings is 2. The molecule has 0 heterocycles. The summed E-state index contributed by atoms with van der Waals surface area (Å²) in [4.78, 5) is 0. The molecule has 106 valence electrons. The minimum atomic E-state index is 0.473. The molecule has 0 aliphatic heterocycles. The molecule has 0 atom stereocenters. The Bertz CT molecular complexity index is 597. The van der Waals surface area contributed by atoms with E-state index in [4.69, 9.17) is 4.74 Å². The zero-order valence-corrected chi connectivity index (χ0v) is 13.2. The van der Waals surface area contributed by atoms with Crippen molar-refractivity contribution < 1.29 is 4.74 Å². The Labute approximate surface area is 122 Å². The maximum Gasteiger partial charge on any atom is 0.126 e. The van der Waals surface area contributed by atoms with Crippen molar-refractivity contribution >= 4 is 0 Å². The number of hydrogen-bond acceptors (Lipinski definition) is 1. The van der Waals surface area contributed by atoms with Crippen molar-refractivity contribution in [3.8, 4) is 5.75 Å². The molecule has 1 nitrogen and oxygen atoms in total. The van der Waals surface area contributed by atoms with E-state index in [0.717, 1.165) is 5.75 Å². The Morgan fingerprint density at radius 1 is 0.950 bits per heavy atom. The molecule has 2 rings (SSSR count). The fourth-order valence-electron chi connectivity index (χ4n) is 2.54. The average Bonchev–Trinajstić information content (AvgIpc) is 2.38. The molecule has 0 fully saturated rings. The Balaban J connectivity index is 2.27. The van der Waals surface area contributed by atoms with Gasteiger partial charge in [0.1, 0.15) is 12.4 Å². The fraction of sp³-hybridized carbons (Fsp3) is 0.368. The second-order valence-electron chi connectivity index (χ2n) is 5.87. The Morgan fingerprint density at radius 3 is 2.30 bits per heavy atom. The minimum Gasteiger partial charge on any atom is -0.488 e. The topological polar surface area (TPSA) is 9.23 Å². The highest BCUT2D eigenvalue weighted by molar-refractivity contribution is 5.45. The lowest BCUT2D eigenvalue weighted by atomic mass is 9.97. The summed E-state index contributed by atoms with van der Waals surface area (Å²) in [5, 5.41) is 0. The molecular formula is C19H24O. The molecule has 0 radical (unpaired) electrons. The number of ether oxygens (including phenoxy) is 1. The molecule has 0 spiro atoms. The van der Waals surface area contributed by atoms with Crippen LogP contribution in [0.15, 0.2) is 36.4 Å². The third-order valence-electron chi connectivity index (χ3n) is 3.70. The zero-order valence-electron chi connectivity index (χ0n) is 13.2. The predicted octanol–water partition coefficient (Wildman–Crippen LogP) is 5.31. The van der Waals surface area contributed by atoms with Crippen molar-refractivity contribution in [2.45, 2.75) is 47.1 Å². The van der Waals surface area contributed by atoms with Gasteiger partial charge in [0.25, 0.3) is 0 Å². The van der Waals surface area contributed by atoms with Crippen molar-refractivity contribution in [2.75, 3.05) is 0 Å². The van der Waals surface area contributed by atoms with Crippen LogP contribution in [0, 0.1) is 20.8 Å². The van der Waals surface area contributed by atoms with E-state index < -0.39 is 0 Å². The lowest BCUT2D eigenvalue weighted by Gasteiger charge is -2.18. The van der Waals surface area contributed by atoms with Crippen LogP contribution in [0.4, 0.5) is 0 Å². The number of aryl methyl sites for hydroxylation is 3. The standard InChI is InChI=1S/C19H24O/c1-13(2)18-11-14(3)10-16(5)19(18)20-12-17-9-7-6-8-15(17)4/h6-11,13H,12H2,1-5H3. The first-order valence-electron chi connectivity index (χ1n) is 7.27. The zero-order chi connectivity index (χ0) is 14.7. The SMILES string of the molecule is Cc1cc(C)c(OCc2ccccc2C)c(C(C)C)c1. The van der Waals surface area contributed by atoms with Crippen LogP contribution in [-0.2, 0) is 6.61 Å². The van der Waals surface area contributed by atoms with E-state index in [1.165, 1.54) is 27.8 Å². The molecule has 2 aromatic rings. The van der Waals surface area contributed by atoms with Gasteiger partial charge < -0.3 is 4.74 Å². The molecule has 0 saturated heterocycles. The summed E-state index contributed by atoms with van der Waals surface area (Å²) >= 11 is 0. The van der Waals surface area contributed by atoms with Crippen LogP contribution in [0.1, 0.15) is 47.6 Å². The van der Waals surface area contributed by atoms with Crippen molar-refractivity contribution in [3.05, 3.63) is 64.2 Å². The molecule has 0 saturated carbocycles. The van der Waals surface area contributed by atoms with E-state index in [1.807, 2.05) is 0 Å². The second-order valence-corrected chi connectivity index (χ2v) is 5.87. The van der Waals surface area contributed by atoms with E-state index in [1.54, 1.807) is 0 Å². The summed E-state index contributed by atoms with van der Waals surface area (Å²) in [6, 6.07) is 12.8. The van der Waals surface area contributed by atoms with Crippen LogP contribution in [0.25, 0.3) is 0 Å². The smallest absolute Gasteiger partial charge is 0.126 e. The van der Waals surface area contributed by atoms with Crippen LogP contribution >= 0.6 is 0 Å². The van der Waals surface area contributed by atoms with Gasteiger partial charge in [0.15, 0.2) is 0 Å². The molecule has 0 aromatic heterocycles. The molecule has 0 bridgehead atoms. The molecule has 2 aromatic carbocycles. The van der Waals surface area contributed by atoms with Gasteiger partial charge in [-0.1, -0.05) is 55.8 Å². The van der Waals surface area contributed by atoms with Crippen molar-refractivity contribution in [1.29, 1.82) is 0 Å². The first kappa shape index (κ1) is 14.6. The lowest BCUT2D eigenvalue weighted by Crippen LogP contribution is -2.03. The van der Waals surface area contributed by atoms with E-state index in [0.29, 0.717) is 12.5 Å². The average molecular weight is 268 g/mol. The summed E-state index contributed by atoms with van der Waals surface area (Å²) in [6.07, 6.45) is 0. The predicted molar refractivity (Wildman–Crippen MR) is 85.5 cm³/mol. The summed E-state index contributed by atoms with van der Waals surface area (Å²) in [5.74, 6) is 1.52. The summed E-state index contributed by atoms with van der Waals surface area (Å²) in [7, 11) is 0. The second kappa shape index (κ2) is 6.13. The Hall–Kier alpha value is -1.76. The molecule has 0 N–H and O–H groups in total. The van der Waals surface area contributed by atoms with Gasteiger partial charge in [0, 0.05) is 0 Å². The molecule has 0 aliphatic carbocycles. The summed E-state index contributed by atoms with van der Waals surface area (Å²) in [5.41, 5.74) is 6.36. The van der Waals surface area contributed by atoms with Gasteiger partial charge in [0.05, 0.1) is 0 Å². The van der Waals surface area contributed by atoms with Gasteiger partial charge in [-0.15, -0.1) is 0 Å². The molecule has 0 aliphatic rings. The van der Waals surface area contributed by atoms with Gasteiger partial charge in [-0.2, -0.15) is 0 Å². The number of rotatable bonds is 4. The van der Waals surface area contributed by atoms with Gasteiger partial charge in [0.2, 0.25) is 0 Å². The van der Waals surface area contributed by atoms with Crippen LogP contribution in [0.3, 0.4) is 0 Å². The van der Waals surface area contributed by atoms with Gasteiger partial charge in [-0.25, -0.2) is 0 Å². The lowest BCUT2D eigenvalue weighted by molar-refractivity contribution is 0.299. The number of hydrogen-bond donors (Lipinski definition) is 0. The van der Waals surface area contributed by atoms with E-state index in [-0.39, 0.29) is 0 Å². The molecule has 20 heavy (non-hydrogen) atoms. The molecular weight excluding hydrogens is 244 g/mol. The van der Waals surface area contributed by atoms with E-state index >= 15 is 0 Å². The molecule has 0 unspecified atom stereocenters. The Kier molecular flexibility index (Phi) is 4.49. The summed E-state index contributed by atoms with van der Waals surface area (Å²) < 4.78 is 6.15. The van der Waals surface area contributed by atoms with Crippen LogP contribution < -0.4 is 4.74 Å². The first-order valence-corrected chi connectivity index (χ1v) is 7.27. The van der Waals surface area contributed by atoms with Crippen LogP contribution in [0.2, 0.25) is 0 Å². The fourth-order valence-corrected chi connectivity index (χ4v) is 2.54. The molecule has 0 amide bonds. The maximum absolute atomic E-state index is 6.15. The third kappa shape index (κ3) is 3.22. The molecule has 1 heteroatoms. The highest BCUT2D eigenvalue weighted by Crippen LogP contribution is 2.32. The minimum absolute atomic E-state index is 0.473. The van der Waals surface area contributed by atoms with Gasteiger partial charge in [-0.05, 0) is 48.9 Å². The highest BCUT2D eigenvalue weighted by Gasteiger charge is 2.12.